The highest BCUT2D eigenvalue weighted by molar-refractivity contribution is 9.10. The van der Waals surface area contributed by atoms with Crippen molar-refractivity contribution in [3.8, 4) is 11.3 Å². The fourth-order valence-corrected chi connectivity index (χ4v) is 2.60. The zero-order valence-electron chi connectivity index (χ0n) is 13.2. The Kier molecular flexibility index (Phi) is 6.60. The van der Waals surface area contributed by atoms with Crippen LogP contribution >= 0.6 is 28.3 Å². The molecule has 0 fully saturated rings. The maximum Gasteiger partial charge on any atom is 0.134 e. The Labute approximate surface area is 155 Å². The lowest BCUT2D eigenvalue weighted by atomic mass is 10.1. The van der Waals surface area contributed by atoms with E-state index >= 15 is 0 Å². The lowest BCUT2D eigenvalue weighted by molar-refractivity contribution is 0.493. The summed E-state index contributed by atoms with van der Waals surface area (Å²) in [6, 6.07) is 16.6. The van der Waals surface area contributed by atoms with Gasteiger partial charge in [-0.2, -0.15) is 0 Å². The van der Waals surface area contributed by atoms with Crippen LogP contribution in [0.25, 0.3) is 11.3 Å². The standard InChI is InChI=1S/C19H17BrFNO.ClH/c1-13-10-15(4-8-18(13)20)19-9-7-17(23-19)12-22-11-14-2-5-16(21)6-3-14;/h2-10,22H,11-12H2,1H3;1H. The van der Waals surface area contributed by atoms with E-state index in [2.05, 4.69) is 34.2 Å². The molecule has 0 aliphatic rings. The molecule has 0 bridgehead atoms. The Morgan fingerprint density at radius 3 is 2.46 bits per heavy atom. The second kappa shape index (κ2) is 8.47. The van der Waals surface area contributed by atoms with Crippen molar-refractivity contribution in [3.63, 3.8) is 0 Å². The Morgan fingerprint density at radius 1 is 1.00 bits per heavy atom. The van der Waals surface area contributed by atoms with Gasteiger partial charge in [-0.05, 0) is 54.4 Å². The van der Waals surface area contributed by atoms with Crippen LogP contribution in [0.1, 0.15) is 16.9 Å². The summed E-state index contributed by atoms with van der Waals surface area (Å²) in [4.78, 5) is 0. The van der Waals surface area contributed by atoms with Gasteiger partial charge < -0.3 is 9.73 Å². The fraction of sp³-hybridized carbons (Fsp3) is 0.158. The van der Waals surface area contributed by atoms with E-state index in [4.69, 9.17) is 4.42 Å². The van der Waals surface area contributed by atoms with E-state index in [1.165, 1.54) is 17.7 Å². The molecule has 2 aromatic carbocycles. The molecular weight excluding hydrogens is 393 g/mol. The highest BCUT2D eigenvalue weighted by Gasteiger charge is 2.06. The van der Waals surface area contributed by atoms with Crippen molar-refractivity contribution in [3.05, 3.63) is 81.8 Å². The number of hydrogen-bond acceptors (Lipinski definition) is 2. The van der Waals surface area contributed by atoms with E-state index < -0.39 is 0 Å². The average Bonchev–Trinajstić information content (AvgIpc) is 3.01. The number of aryl methyl sites for hydroxylation is 1. The molecule has 0 amide bonds. The van der Waals surface area contributed by atoms with Crippen molar-refractivity contribution in [1.29, 1.82) is 0 Å². The SMILES string of the molecule is Cc1cc(-c2ccc(CNCc3ccc(F)cc3)o2)ccc1Br.Cl. The third kappa shape index (κ3) is 4.69. The minimum absolute atomic E-state index is 0. The van der Waals surface area contributed by atoms with E-state index in [1.807, 2.05) is 24.3 Å². The van der Waals surface area contributed by atoms with Gasteiger partial charge in [-0.25, -0.2) is 4.39 Å². The molecule has 3 aromatic rings. The van der Waals surface area contributed by atoms with Crippen molar-refractivity contribution in [2.24, 2.45) is 0 Å². The number of benzene rings is 2. The van der Waals surface area contributed by atoms with Crippen molar-refractivity contribution >= 4 is 28.3 Å². The van der Waals surface area contributed by atoms with E-state index in [1.54, 1.807) is 12.1 Å². The van der Waals surface area contributed by atoms with Crippen LogP contribution in [-0.4, -0.2) is 0 Å². The molecule has 0 aliphatic heterocycles. The van der Waals surface area contributed by atoms with Gasteiger partial charge in [0.05, 0.1) is 6.54 Å². The highest BCUT2D eigenvalue weighted by atomic mass is 79.9. The van der Waals surface area contributed by atoms with Crippen LogP contribution in [0.15, 0.2) is 63.5 Å². The first-order valence-corrected chi connectivity index (χ1v) is 8.21. The molecule has 126 valence electrons. The molecule has 0 radical (unpaired) electrons. The average molecular weight is 411 g/mol. The zero-order chi connectivity index (χ0) is 16.2. The van der Waals surface area contributed by atoms with Gasteiger partial charge in [0.2, 0.25) is 0 Å². The summed E-state index contributed by atoms with van der Waals surface area (Å²) in [5, 5.41) is 3.30. The van der Waals surface area contributed by atoms with Gasteiger partial charge in [-0.3, -0.25) is 0 Å². The smallest absolute Gasteiger partial charge is 0.134 e. The lowest BCUT2D eigenvalue weighted by Crippen LogP contribution is -2.11. The fourth-order valence-electron chi connectivity index (χ4n) is 2.36. The van der Waals surface area contributed by atoms with Crippen molar-refractivity contribution in [1.82, 2.24) is 5.32 Å². The lowest BCUT2D eigenvalue weighted by Gasteiger charge is -2.04. The van der Waals surface area contributed by atoms with Gasteiger partial charge in [0, 0.05) is 16.6 Å². The van der Waals surface area contributed by atoms with Crippen molar-refractivity contribution in [2.45, 2.75) is 20.0 Å². The summed E-state index contributed by atoms with van der Waals surface area (Å²) in [6.07, 6.45) is 0. The van der Waals surface area contributed by atoms with Crippen LogP contribution < -0.4 is 5.32 Å². The minimum Gasteiger partial charge on any atom is -0.460 e. The number of nitrogens with one attached hydrogen (secondary N) is 1. The molecule has 3 rings (SSSR count). The monoisotopic (exact) mass is 409 g/mol. The molecule has 0 spiro atoms. The highest BCUT2D eigenvalue weighted by Crippen LogP contribution is 2.26. The molecule has 0 aliphatic carbocycles. The number of rotatable bonds is 5. The number of furan rings is 1. The van der Waals surface area contributed by atoms with Crippen LogP contribution in [0.4, 0.5) is 4.39 Å². The molecule has 0 saturated heterocycles. The van der Waals surface area contributed by atoms with Crippen LogP contribution in [0.2, 0.25) is 0 Å². The number of hydrogen-bond donors (Lipinski definition) is 1. The summed E-state index contributed by atoms with van der Waals surface area (Å²) in [5.41, 5.74) is 3.28. The van der Waals surface area contributed by atoms with Crippen molar-refractivity contribution < 1.29 is 8.81 Å². The van der Waals surface area contributed by atoms with Crippen LogP contribution in [0.3, 0.4) is 0 Å². The topological polar surface area (TPSA) is 25.2 Å². The van der Waals surface area contributed by atoms with Gasteiger partial charge in [0.15, 0.2) is 0 Å². The predicted octanol–water partition coefficient (Wildman–Crippen LogP) is 5.87. The molecule has 1 aromatic heterocycles. The number of halogens is 3. The van der Waals surface area contributed by atoms with Gasteiger partial charge in [0.1, 0.15) is 17.3 Å². The Balaban J connectivity index is 0.00000208. The first-order chi connectivity index (χ1) is 11.1. The zero-order valence-corrected chi connectivity index (χ0v) is 15.6. The Hall–Kier alpha value is -1.62. The van der Waals surface area contributed by atoms with Gasteiger partial charge in [0.25, 0.3) is 0 Å². The van der Waals surface area contributed by atoms with Crippen LogP contribution in [0.5, 0.6) is 0 Å². The van der Waals surface area contributed by atoms with Gasteiger partial charge >= 0.3 is 0 Å². The molecule has 0 unspecified atom stereocenters. The molecule has 1 heterocycles. The third-order valence-electron chi connectivity index (χ3n) is 3.65. The Bertz CT molecular complexity index is 801. The largest absolute Gasteiger partial charge is 0.460 e. The normalized spacial score (nSPS) is 10.5. The second-order valence-electron chi connectivity index (χ2n) is 5.46. The summed E-state index contributed by atoms with van der Waals surface area (Å²) in [5.74, 6) is 1.52. The van der Waals surface area contributed by atoms with Crippen molar-refractivity contribution in [2.75, 3.05) is 0 Å². The quantitative estimate of drug-likeness (QED) is 0.569. The van der Waals surface area contributed by atoms with Gasteiger partial charge in [-0.15, -0.1) is 12.4 Å². The summed E-state index contributed by atoms with van der Waals surface area (Å²) < 4.78 is 19.8. The summed E-state index contributed by atoms with van der Waals surface area (Å²) in [6.45, 7) is 3.36. The van der Waals surface area contributed by atoms with Crippen LogP contribution in [0, 0.1) is 12.7 Å². The maximum absolute atomic E-state index is 12.9. The van der Waals surface area contributed by atoms with E-state index in [0.717, 1.165) is 27.1 Å². The maximum atomic E-state index is 12.9. The summed E-state index contributed by atoms with van der Waals surface area (Å²) in [7, 11) is 0. The minimum atomic E-state index is -0.214. The molecule has 5 heteroatoms. The van der Waals surface area contributed by atoms with Gasteiger partial charge in [-0.1, -0.05) is 34.1 Å². The first kappa shape index (κ1) is 18.7. The molecule has 0 saturated carbocycles. The third-order valence-corrected chi connectivity index (χ3v) is 4.54. The second-order valence-corrected chi connectivity index (χ2v) is 6.31. The molecule has 1 N–H and O–H groups in total. The predicted molar refractivity (Wildman–Crippen MR) is 101 cm³/mol. The molecular formula is C19H18BrClFNO. The molecule has 24 heavy (non-hydrogen) atoms. The van der Waals surface area contributed by atoms with E-state index in [-0.39, 0.29) is 18.2 Å². The summed E-state index contributed by atoms with van der Waals surface area (Å²) >= 11 is 3.50. The Morgan fingerprint density at radius 2 is 1.75 bits per heavy atom. The first-order valence-electron chi connectivity index (χ1n) is 7.42. The van der Waals surface area contributed by atoms with E-state index in [9.17, 15) is 4.39 Å². The van der Waals surface area contributed by atoms with E-state index in [0.29, 0.717) is 13.1 Å². The molecule has 0 atom stereocenters. The molecule has 2 nitrogen and oxygen atoms in total. The van der Waals surface area contributed by atoms with Crippen LogP contribution in [-0.2, 0) is 13.1 Å².